The van der Waals surface area contributed by atoms with Crippen LogP contribution in [0.3, 0.4) is 0 Å². The number of carbonyl (C=O) groups excluding carboxylic acids is 1. The summed E-state index contributed by atoms with van der Waals surface area (Å²) in [4.78, 5) is 20.3. The fourth-order valence-corrected chi connectivity index (χ4v) is 2.18. The molecule has 5 heteroatoms. The van der Waals surface area contributed by atoms with Crippen LogP contribution < -0.4 is 4.74 Å². The van der Waals surface area contributed by atoms with Gasteiger partial charge in [0, 0.05) is 17.4 Å². The molecule has 1 aliphatic heterocycles. The predicted octanol–water partition coefficient (Wildman–Crippen LogP) is 3.47. The second kappa shape index (κ2) is 5.43. The highest BCUT2D eigenvalue weighted by atomic mass is 35.5. The Hall–Kier alpha value is -2.20. The summed E-state index contributed by atoms with van der Waals surface area (Å²) in [6.45, 7) is 0.272. The number of carbonyl (C=O) groups is 1. The molecule has 0 aliphatic carbocycles. The molecule has 1 aromatic carbocycles. The first kappa shape index (κ1) is 12.8. The number of aromatic nitrogens is 1. The van der Waals surface area contributed by atoms with Crippen molar-refractivity contribution in [3.05, 3.63) is 53.3 Å². The van der Waals surface area contributed by atoms with Crippen molar-refractivity contribution >= 4 is 28.8 Å². The van der Waals surface area contributed by atoms with Crippen molar-refractivity contribution in [2.75, 3.05) is 6.61 Å². The summed E-state index contributed by atoms with van der Waals surface area (Å²) in [6.07, 6.45) is 3.44. The van der Waals surface area contributed by atoms with Gasteiger partial charge in [-0.3, -0.25) is 14.8 Å². The van der Waals surface area contributed by atoms with Gasteiger partial charge < -0.3 is 4.74 Å². The highest BCUT2D eigenvalue weighted by molar-refractivity contribution is 6.30. The Kier molecular flexibility index (Phi) is 3.48. The van der Waals surface area contributed by atoms with Gasteiger partial charge in [-0.15, -0.1) is 0 Å². The van der Waals surface area contributed by atoms with Gasteiger partial charge in [0.15, 0.2) is 5.78 Å². The van der Waals surface area contributed by atoms with E-state index in [0.717, 1.165) is 0 Å². The van der Waals surface area contributed by atoms with Crippen molar-refractivity contribution in [1.29, 1.82) is 0 Å². The molecule has 0 radical (unpaired) electrons. The molecule has 0 amide bonds. The van der Waals surface area contributed by atoms with Crippen LogP contribution >= 0.6 is 11.6 Å². The molecule has 2 aromatic rings. The molecular weight excluding hydrogens is 276 g/mol. The van der Waals surface area contributed by atoms with Crippen LogP contribution in [0.1, 0.15) is 16.8 Å². The lowest BCUT2D eigenvalue weighted by Gasteiger charge is -2.14. The van der Waals surface area contributed by atoms with Crippen molar-refractivity contribution in [3.8, 4) is 5.75 Å². The number of nitrogens with zero attached hydrogens (tertiary/aromatic N) is 2. The third kappa shape index (κ3) is 2.70. The number of hydrogen-bond donors (Lipinski definition) is 0. The first-order chi connectivity index (χ1) is 9.72. The molecule has 0 spiro atoms. The molecule has 0 unspecified atom stereocenters. The van der Waals surface area contributed by atoms with Gasteiger partial charge in [-0.05, 0) is 24.3 Å². The number of hydrogen-bond acceptors (Lipinski definition) is 4. The van der Waals surface area contributed by atoms with E-state index in [1.165, 1.54) is 0 Å². The van der Waals surface area contributed by atoms with Crippen molar-refractivity contribution in [2.45, 2.75) is 6.42 Å². The van der Waals surface area contributed by atoms with Crippen LogP contribution in [0, 0.1) is 0 Å². The molecule has 0 bridgehead atoms. The van der Waals surface area contributed by atoms with Gasteiger partial charge in [0.1, 0.15) is 12.4 Å². The molecule has 0 atom stereocenters. The minimum atomic E-state index is 0.0211. The third-order valence-corrected chi connectivity index (χ3v) is 3.18. The average Bonchev–Trinajstić information content (AvgIpc) is 2.45. The van der Waals surface area contributed by atoms with Crippen LogP contribution in [0.15, 0.2) is 47.7 Å². The van der Waals surface area contributed by atoms with Crippen molar-refractivity contribution in [2.24, 2.45) is 4.99 Å². The van der Waals surface area contributed by atoms with E-state index in [9.17, 15) is 4.79 Å². The normalized spacial score (nSPS) is 13.7. The molecule has 4 nitrogen and oxygen atoms in total. The largest absolute Gasteiger partial charge is 0.488 e. The molecule has 1 aromatic heterocycles. The molecule has 0 fully saturated rings. The molecule has 0 N–H and O–H groups in total. The van der Waals surface area contributed by atoms with Gasteiger partial charge >= 0.3 is 0 Å². The number of rotatable bonds is 3. The SMILES string of the molecule is O=C1CC(COc2cccc(Cl)c2)=Nc2ccncc21. The number of ketones is 1. The van der Waals surface area contributed by atoms with Gasteiger partial charge in [-0.2, -0.15) is 0 Å². The van der Waals surface area contributed by atoms with E-state index < -0.39 is 0 Å². The lowest BCUT2D eigenvalue weighted by molar-refractivity contribution is 0.0998. The maximum Gasteiger partial charge on any atom is 0.172 e. The molecule has 0 saturated heterocycles. The van der Waals surface area contributed by atoms with Gasteiger partial charge in [0.05, 0.1) is 23.4 Å². The average molecular weight is 287 g/mol. The lowest BCUT2D eigenvalue weighted by Crippen LogP contribution is -2.19. The molecule has 2 heterocycles. The van der Waals surface area contributed by atoms with E-state index in [2.05, 4.69) is 9.98 Å². The molecule has 20 heavy (non-hydrogen) atoms. The Morgan fingerprint density at radius 3 is 3.05 bits per heavy atom. The highest BCUT2D eigenvalue weighted by Gasteiger charge is 2.20. The van der Waals surface area contributed by atoms with E-state index in [4.69, 9.17) is 16.3 Å². The fourth-order valence-electron chi connectivity index (χ4n) is 2.00. The number of ether oxygens (including phenoxy) is 1. The van der Waals surface area contributed by atoms with Crippen LogP contribution in [-0.4, -0.2) is 23.1 Å². The van der Waals surface area contributed by atoms with Crippen LogP contribution in [0.2, 0.25) is 5.02 Å². The summed E-state index contributed by atoms with van der Waals surface area (Å²) in [7, 11) is 0. The summed E-state index contributed by atoms with van der Waals surface area (Å²) < 4.78 is 5.61. The molecule has 3 rings (SSSR count). The Morgan fingerprint density at radius 2 is 2.20 bits per heavy atom. The first-order valence-electron chi connectivity index (χ1n) is 6.14. The summed E-state index contributed by atoms with van der Waals surface area (Å²) in [5.74, 6) is 0.681. The predicted molar refractivity (Wildman–Crippen MR) is 77.2 cm³/mol. The topological polar surface area (TPSA) is 51.5 Å². The molecule has 100 valence electrons. The smallest absolute Gasteiger partial charge is 0.172 e. The molecule has 0 saturated carbocycles. The zero-order chi connectivity index (χ0) is 13.9. The maximum atomic E-state index is 12.0. The number of Topliss-reactive ketones (excluding diaryl/α,β-unsaturated/α-hetero) is 1. The van der Waals surface area contributed by atoms with Crippen molar-refractivity contribution in [1.82, 2.24) is 4.98 Å². The van der Waals surface area contributed by atoms with Crippen molar-refractivity contribution in [3.63, 3.8) is 0 Å². The monoisotopic (exact) mass is 286 g/mol. The van der Waals surface area contributed by atoms with Crippen LogP contribution in [0.4, 0.5) is 5.69 Å². The van der Waals surface area contributed by atoms with E-state index in [-0.39, 0.29) is 18.8 Å². The summed E-state index contributed by atoms with van der Waals surface area (Å²) >= 11 is 5.89. The number of fused-ring (bicyclic) bond motifs is 1. The Labute approximate surface area is 121 Å². The minimum Gasteiger partial charge on any atom is -0.488 e. The Balaban J connectivity index is 1.76. The maximum absolute atomic E-state index is 12.0. The fraction of sp³-hybridized carbons (Fsp3) is 0.133. The number of pyridine rings is 1. The molecular formula is C15H11ClN2O2. The summed E-state index contributed by atoms with van der Waals surface area (Å²) in [6, 6.07) is 8.86. The van der Waals surface area contributed by atoms with E-state index in [1.54, 1.807) is 30.6 Å². The second-order valence-electron chi connectivity index (χ2n) is 4.42. The minimum absolute atomic E-state index is 0.0211. The Morgan fingerprint density at radius 1 is 1.30 bits per heavy atom. The van der Waals surface area contributed by atoms with Crippen LogP contribution in [-0.2, 0) is 0 Å². The Bertz CT molecular complexity index is 698. The van der Waals surface area contributed by atoms with E-state index in [0.29, 0.717) is 27.7 Å². The summed E-state index contributed by atoms with van der Waals surface area (Å²) in [5, 5.41) is 0.612. The van der Waals surface area contributed by atoms with Gasteiger partial charge in [0.2, 0.25) is 0 Å². The standard InChI is InChI=1S/C15H11ClN2O2/c16-10-2-1-3-12(6-10)20-9-11-7-15(19)13-8-17-5-4-14(13)18-11/h1-6,8H,7,9H2. The van der Waals surface area contributed by atoms with Gasteiger partial charge in [0.25, 0.3) is 0 Å². The van der Waals surface area contributed by atoms with Gasteiger partial charge in [-0.25, -0.2) is 0 Å². The zero-order valence-corrected chi connectivity index (χ0v) is 11.3. The van der Waals surface area contributed by atoms with Crippen LogP contribution in [0.5, 0.6) is 5.75 Å². The van der Waals surface area contributed by atoms with Crippen molar-refractivity contribution < 1.29 is 9.53 Å². The van der Waals surface area contributed by atoms with E-state index in [1.807, 2.05) is 12.1 Å². The lowest BCUT2D eigenvalue weighted by atomic mass is 10.0. The van der Waals surface area contributed by atoms with E-state index >= 15 is 0 Å². The quantitative estimate of drug-likeness (QED) is 0.868. The summed E-state index contributed by atoms with van der Waals surface area (Å²) in [5.41, 5.74) is 1.92. The zero-order valence-electron chi connectivity index (χ0n) is 10.5. The second-order valence-corrected chi connectivity index (χ2v) is 4.85. The highest BCUT2D eigenvalue weighted by Crippen LogP contribution is 2.25. The first-order valence-corrected chi connectivity index (χ1v) is 6.52. The number of halogens is 1. The molecule has 1 aliphatic rings. The number of benzene rings is 1. The third-order valence-electron chi connectivity index (χ3n) is 2.94. The number of aliphatic imine (C=N–C) groups is 1. The van der Waals surface area contributed by atoms with Crippen LogP contribution in [0.25, 0.3) is 0 Å². The van der Waals surface area contributed by atoms with Gasteiger partial charge in [-0.1, -0.05) is 17.7 Å².